The van der Waals surface area contributed by atoms with Crippen molar-refractivity contribution in [2.75, 3.05) is 38.6 Å². The second-order valence-electron chi connectivity index (χ2n) is 11.3. The summed E-state index contributed by atoms with van der Waals surface area (Å²) in [6.07, 6.45) is 4.05. The van der Waals surface area contributed by atoms with Crippen molar-refractivity contribution in [2.45, 2.75) is 30.7 Å². The average Bonchev–Trinajstić information content (AvgIpc) is 3.15. The molecule has 218 valence electrons. The molecule has 1 aliphatic rings. The molecular formula is C31H33FN6O3S. The van der Waals surface area contributed by atoms with Crippen LogP contribution in [0.25, 0.3) is 33.1 Å². The van der Waals surface area contributed by atoms with E-state index in [-0.39, 0.29) is 17.9 Å². The van der Waals surface area contributed by atoms with E-state index in [1.54, 1.807) is 28.6 Å². The second kappa shape index (κ2) is 11.0. The largest absolute Gasteiger partial charge is 0.490 e. The summed E-state index contributed by atoms with van der Waals surface area (Å²) in [5.74, 6) is 0.282. The minimum atomic E-state index is -0.681. The molecule has 1 aliphatic heterocycles. The van der Waals surface area contributed by atoms with Crippen molar-refractivity contribution in [2.24, 2.45) is 7.05 Å². The van der Waals surface area contributed by atoms with E-state index >= 15 is 4.39 Å². The summed E-state index contributed by atoms with van der Waals surface area (Å²) >= 11 is 1.42. The van der Waals surface area contributed by atoms with Crippen molar-refractivity contribution in [3.8, 4) is 22.8 Å². The quantitative estimate of drug-likeness (QED) is 0.174. The van der Waals surface area contributed by atoms with Gasteiger partial charge in [-0.1, -0.05) is 18.2 Å². The lowest BCUT2D eigenvalue weighted by Crippen LogP contribution is -2.40. The fraction of sp³-hybridized carbons (Fsp3) is 0.323. The Morgan fingerprint density at radius 3 is 2.71 bits per heavy atom. The van der Waals surface area contributed by atoms with Crippen molar-refractivity contribution >= 4 is 39.6 Å². The van der Waals surface area contributed by atoms with Crippen LogP contribution >= 0.6 is 11.9 Å². The number of hydrogen-bond acceptors (Lipinski definition) is 8. The van der Waals surface area contributed by atoms with Gasteiger partial charge >= 0.3 is 5.69 Å². The highest BCUT2D eigenvalue weighted by Gasteiger charge is 2.34. The standard InChI is InChI=1S/C31H33FN6O3S/c1-31(2)18-41-28-25(21(32)15-22-26(28)27-24(17-33-22)37(5)30(39)38(27)31)19-14-23(35-42-20-10-7-6-8-11-20)29(34-16-19)40-13-9-12-36(3)4/h6-8,10-11,14-17,35H,9,12-13,18H2,1-5H3. The molecule has 3 aromatic heterocycles. The van der Waals surface area contributed by atoms with Crippen LogP contribution in [0.15, 0.2) is 64.5 Å². The van der Waals surface area contributed by atoms with E-state index in [9.17, 15) is 4.79 Å². The molecule has 11 heteroatoms. The summed E-state index contributed by atoms with van der Waals surface area (Å²) in [6.45, 7) is 5.41. The molecule has 0 saturated heterocycles. The number of benzene rings is 2. The van der Waals surface area contributed by atoms with Gasteiger partial charge in [0.2, 0.25) is 5.88 Å². The molecule has 1 N–H and O–H groups in total. The summed E-state index contributed by atoms with van der Waals surface area (Å²) in [6, 6.07) is 13.1. The van der Waals surface area contributed by atoms with Gasteiger partial charge in [-0.3, -0.25) is 14.1 Å². The molecule has 2 aromatic carbocycles. The highest BCUT2D eigenvalue weighted by molar-refractivity contribution is 8.00. The topological polar surface area (TPSA) is 86.4 Å². The van der Waals surface area contributed by atoms with Gasteiger partial charge in [0, 0.05) is 36.3 Å². The molecule has 0 spiro atoms. The summed E-state index contributed by atoms with van der Waals surface area (Å²) in [5, 5.41) is 0.601. The highest BCUT2D eigenvalue weighted by atomic mass is 32.2. The van der Waals surface area contributed by atoms with Crippen LogP contribution in [-0.2, 0) is 12.6 Å². The van der Waals surface area contributed by atoms with E-state index in [4.69, 9.17) is 9.47 Å². The normalized spacial score (nSPS) is 14.0. The number of aromatic nitrogens is 4. The maximum atomic E-state index is 16.0. The first-order valence-corrected chi connectivity index (χ1v) is 14.6. The number of halogens is 1. The molecule has 9 nitrogen and oxygen atoms in total. The van der Waals surface area contributed by atoms with Gasteiger partial charge in [0.15, 0.2) is 0 Å². The first-order chi connectivity index (χ1) is 20.2. The third-order valence-electron chi connectivity index (χ3n) is 7.41. The van der Waals surface area contributed by atoms with Crippen molar-refractivity contribution < 1.29 is 13.9 Å². The monoisotopic (exact) mass is 588 g/mol. The van der Waals surface area contributed by atoms with Gasteiger partial charge in [-0.15, -0.1) is 0 Å². The summed E-state index contributed by atoms with van der Waals surface area (Å²) in [7, 11) is 5.76. The zero-order valence-corrected chi connectivity index (χ0v) is 25.1. The number of imidazole rings is 1. The zero-order chi connectivity index (χ0) is 29.6. The van der Waals surface area contributed by atoms with Gasteiger partial charge in [-0.05, 0) is 64.5 Å². The maximum absolute atomic E-state index is 16.0. The third-order valence-corrected chi connectivity index (χ3v) is 8.24. The Balaban J connectivity index is 1.49. The molecule has 6 rings (SSSR count). The molecule has 42 heavy (non-hydrogen) atoms. The average molecular weight is 589 g/mol. The lowest BCUT2D eigenvalue weighted by Gasteiger charge is -2.24. The zero-order valence-electron chi connectivity index (χ0n) is 24.3. The van der Waals surface area contributed by atoms with E-state index < -0.39 is 11.4 Å². The van der Waals surface area contributed by atoms with E-state index in [2.05, 4.69) is 19.6 Å². The summed E-state index contributed by atoms with van der Waals surface area (Å²) in [5.41, 5.74) is 2.29. The minimum Gasteiger partial charge on any atom is -0.490 e. The molecule has 0 bridgehead atoms. The molecule has 0 atom stereocenters. The van der Waals surface area contributed by atoms with Crippen LogP contribution in [-0.4, -0.2) is 57.9 Å². The number of nitrogens with one attached hydrogen (secondary N) is 1. The smallest absolute Gasteiger partial charge is 0.329 e. The molecule has 5 aromatic rings. The Kier molecular flexibility index (Phi) is 7.32. The van der Waals surface area contributed by atoms with Gasteiger partial charge in [0.25, 0.3) is 0 Å². The molecule has 0 fully saturated rings. The molecular weight excluding hydrogens is 555 g/mol. The molecule has 0 amide bonds. The van der Waals surface area contributed by atoms with Crippen LogP contribution in [0.5, 0.6) is 11.6 Å². The SMILES string of the molecule is CN(C)CCCOc1ncc(-c2c(F)cc3ncc4c5c3c2OCC(C)(C)n5c(=O)n4C)cc1NSc1ccccc1. The Hall–Kier alpha value is -4.09. The Morgan fingerprint density at radius 2 is 1.95 bits per heavy atom. The third kappa shape index (κ3) is 4.96. The van der Waals surface area contributed by atoms with E-state index in [0.717, 1.165) is 17.9 Å². The first-order valence-electron chi connectivity index (χ1n) is 13.8. The first kappa shape index (κ1) is 28.0. The van der Waals surface area contributed by atoms with E-state index in [0.29, 0.717) is 51.4 Å². The van der Waals surface area contributed by atoms with Gasteiger partial charge in [0.1, 0.15) is 23.9 Å². The highest BCUT2D eigenvalue weighted by Crippen LogP contribution is 2.45. The molecule has 0 aliphatic carbocycles. The van der Waals surface area contributed by atoms with Crippen molar-refractivity contribution in [3.63, 3.8) is 0 Å². The fourth-order valence-electron chi connectivity index (χ4n) is 5.30. The van der Waals surface area contributed by atoms with Crippen LogP contribution in [0.4, 0.5) is 10.1 Å². The van der Waals surface area contributed by atoms with Gasteiger partial charge in [0.05, 0.1) is 45.8 Å². The number of aryl methyl sites for hydroxylation is 1. The second-order valence-corrected chi connectivity index (χ2v) is 12.2. The van der Waals surface area contributed by atoms with Crippen molar-refractivity contribution in [1.29, 1.82) is 0 Å². The lowest BCUT2D eigenvalue weighted by molar-refractivity contribution is 0.189. The van der Waals surface area contributed by atoms with Crippen LogP contribution in [0.2, 0.25) is 0 Å². The number of rotatable bonds is 9. The number of nitrogens with zero attached hydrogens (tertiary/aromatic N) is 5. The predicted molar refractivity (Wildman–Crippen MR) is 165 cm³/mol. The Morgan fingerprint density at radius 1 is 1.17 bits per heavy atom. The van der Waals surface area contributed by atoms with Gasteiger partial charge < -0.3 is 19.1 Å². The summed E-state index contributed by atoms with van der Waals surface area (Å²) in [4.78, 5) is 25.6. The Labute approximate surface area is 247 Å². The molecule has 0 radical (unpaired) electrons. The molecule has 0 saturated carbocycles. The summed E-state index contributed by atoms with van der Waals surface area (Å²) < 4.78 is 35.1. The van der Waals surface area contributed by atoms with Gasteiger partial charge in [-0.2, -0.15) is 0 Å². The minimum absolute atomic E-state index is 0.168. The Bertz CT molecular complexity index is 1850. The van der Waals surface area contributed by atoms with Crippen molar-refractivity contribution in [3.05, 3.63) is 71.2 Å². The number of ether oxygens (including phenoxy) is 2. The van der Waals surface area contributed by atoms with Gasteiger partial charge in [-0.25, -0.2) is 14.2 Å². The predicted octanol–water partition coefficient (Wildman–Crippen LogP) is 5.67. The maximum Gasteiger partial charge on any atom is 0.329 e. The number of anilines is 1. The molecule has 0 unspecified atom stereocenters. The van der Waals surface area contributed by atoms with E-state index in [1.807, 2.05) is 64.3 Å². The van der Waals surface area contributed by atoms with E-state index in [1.165, 1.54) is 18.0 Å². The van der Waals surface area contributed by atoms with Crippen LogP contribution in [0, 0.1) is 5.82 Å². The van der Waals surface area contributed by atoms with Crippen LogP contribution in [0.3, 0.4) is 0 Å². The number of hydrogen-bond donors (Lipinski definition) is 1. The van der Waals surface area contributed by atoms with Crippen LogP contribution in [0.1, 0.15) is 20.3 Å². The number of pyridine rings is 2. The fourth-order valence-corrected chi connectivity index (χ4v) is 5.97. The molecule has 4 heterocycles. The lowest BCUT2D eigenvalue weighted by atomic mass is 10.0. The van der Waals surface area contributed by atoms with Crippen molar-refractivity contribution in [1.82, 2.24) is 24.0 Å². The van der Waals surface area contributed by atoms with Crippen LogP contribution < -0.4 is 19.9 Å².